The molecule has 1 aromatic heterocycles. The van der Waals surface area contributed by atoms with Crippen LogP contribution in [0.15, 0.2) is 18.6 Å². The molecule has 1 rings (SSSR count). The number of alkyl halides is 1. The minimum Gasteiger partial charge on any atom is -0.365 e. The van der Waals surface area contributed by atoms with Gasteiger partial charge in [0.25, 0.3) is 0 Å². The summed E-state index contributed by atoms with van der Waals surface area (Å²) in [5, 5.41) is 3.21. The second kappa shape index (κ2) is 4.26. The summed E-state index contributed by atoms with van der Waals surface area (Å²) < 4.78 is 0. The van der Waals surface area contributed by atoms with Crippen molar-refractivity contribution in [3.8, 4) is 0 Å². The van der Waals surface area contributed by atoms with Crippen molar-refractivity contribution in [1.82, 2.24) is 9.97 Å². The van der Waals surface area contributed by atoms with E-state index in [0.29, 0.717) is 0 Å². The van der Waals surface area contributed by atoms with Gasteiger partial charge < -0.3 is 5.32 Å². The minimum atomic E-state index is 0.0759. The minimum absolute atomic E-state index is 0.0759. The molecule has 0 aromatic carbocycles. The highest BCUT2D eigenvalue weighted by Crippen LogP contribution is 2.07. The highest BCUT2D eigenvalue weighted by atomic mass is 35.5. The highest BCUT2D eigenvalue weighted by Gasteiger charge is 2.08. The van der Waals surface area contributed by atoms with Crippen LogP contribution in [0.2, 0.25) is 0 Å². The van der Waals surface area contributed by atoms with E-state index in [1.165, 1.54) is 0 Å². The molecule has 1 N–H and O–H groups in total. The zero-order valence-corrected chi connectivity index (χ0v) is 7.92. The van der Waals surface area contributed by atoms with Crippen LogP contribution in [0.1, 0.15) is 13.8 Å². The number of nitrogens with one attached hydrogen (secondary N) is 1. The van der Waals surface area contributed by atoms with E-state index >= 15 is 0 Å². The van der Waals surface area contributed by atoms with E-state index in [1.807, 2.05) is 13.8 Å². The van der Waals surface area contributed by atoms with Gasteiger partial charge in [0.05, 0.1) is 11.6 Å². The Morgan fingerprint density at radius 2 is 2.17 bits per heavy atom. The quantitative estimate of drug-likeness (QED) is 0.732. The maximum absolute atomic E-state index is 5.87. The standard InChI is InChI=1S/C8H12ClN3/c1-6(9)7(2)12-8-5-10-3-4-11-8/h3-7H,1-2H3,(H,11,12). The summed E-state index contributed by atoms with van der Waals surface area (Å²) in [6.07, 6.45) is 4.96. The summed E-state index contributed by atoms with van der Waals surface area (Å²) in [5.41, 5.74) is 0. The topological polar surface area (TPSA) is 37.8 Å². The molecule has 0 aliphatic rings. The maximum Gasteiger partial charge on any atom is 0.144 e. The summed E-state index contributed by atoms with van der Waals surface area (Å²) in [7, 11) is 0. The second-order valence-corrected chi connectivity index (χ2v) is 3.39. The van der Waals surface area contributed by atoms with Crippen molar-refractivity contribution in [2.45, 2.75) is 25.3 Å². The van der Waals surface area contributed by atoms with Gasteiger partial charge in [0, 0.05) is 18.4 Å². The first-order chi connectivity index (χ1) is 5.70. The first kappa shape index (κ1) is 9.26. The summed E-state index contributed by atoms with van der Waals surface area (Å²) in [4.78, 5) is 8.00. The molecule has 0 amide bonds. The van der Waals surface area contributed by atoms with Crippen LogP contribution in [0.5, 0.6) is 0 Å². The van der Waals surface area contributed by atoms with Gasteiger partial charge in [-0.15, -0.1) is 11.6 Å². The molecule has 1 heterocycles. The molecule has 0 aliphatic carbocycles. The predicted octanol–water partition coefficient (Wildman–Crippen LogP) is 1.90. The van der Waals surface area contributed by atoms with E-state index < -0.39 is 0 Å². The Hall–Kier alpha value is -0.830. The van der Waals surface area contributed by atoms with Crippen LogP contribution in [0, 0.1) is 0 Å². The lowest BCUT2D eigenvalue weighted by atomic mass is 10.2. The molecule has 1 aromatic rings. The fourth-order valence-corrected chi connectivity index (χ4v) is 0.785. The molecule has 4 heteroatoms. The number of anilines is 1. The molecule has 2 unspecified atom stereocenters. The second-order valence-electron chi connectivity index (χ2n) is 2.70. The first-order valence-electron chi connectivity index (χ1n) is 3.87. The number of hydrogen-bond donors (Lipinski definition) is 1. The summed E-state index contributed by atoms with van der Waals surface area (Å²) in [6, 6.07) is 0.198. The normalized spacial score (nSPS) is 15.2. The third-order valence-corrected chi connectivity index (χ3v) is 2.01. The monoisotopic (exact) mass is 185 g/mol. The van der Waals surface area contributed by atoms with Gasteiger partial charge in [0.15, 0.2) is 0 Å². The SMILES string of the molecule is CC(Cl)C(C)Nc1cnccn1. The largest absolute Gasteiger partial charge is 0.365 e. The van der Waals surface area contributed by atoms with Crippen LogP contribution in [-0.2, 0) is 0 Å². The van der Waals surface area contributed by atoms with E-state index in [1.54, 1.807) is 18.6 Å². The Morgan fingerprint density at radius 3 is 2.67 bits per heavy atom. The number of halogens is 1. The fraction of sp³-hybridized carbons (Fsp3) is 0.500. The van der Waals surface area contributed by atoms with Crippen molar-refractivity contribution < 1.29 is 0 Å². The van der Waals surface area contributed by atoms with Crippen molar-refractivity contribution >= 4 is 17.4 Å². The lowest BCUT2D eigenvalue weighted by molar-refractivity contribution is 0.766. The zero-order chi connectivity index (χ0) is 8.97. The van der Waals surface area contributed by atoms with Gasteiger partial charge in [-0.1, -0.05) is 0 Å². The Morgan fingerprint density at radius 1 is 1.42 bits per heavy atom. The van der Waals surface area contributed by atoms with E-state index in [0.717, 1.165) is 5.82 Å². The van der Waals surface area contributed by atoms with E-state index in [9.17, 15) is 0 Å². The molecule has 3 nitrogen and oxygen atoms in total. The van der Waals surface area contributed by atoms with Crippen molar-refractivity contribution in [2.24, 2.45) is 0 Å². The van der Waals surface area contributed by atoms with Gasteiger partial charge in [-0.05, 0) is 13.8 Å². The molecule has 0 spiro atoms. The van der Waals surface area contributed by atoms with Crippen LogP contribution < -0.4 is 5.32 Å². The van der Waals surface area contributed by atoms with Crippen molar-refractivity contribution in [3.63, 3.8) is 0 Å². The average molecular weight is 186 g/mol. The molecule has 0 aliphatic heterocycles. The summed E-state index contributed by atoms with van der Waals surface area (Å²) in [5.74, 6) is 0.762. The van der Waals surface area contributed by atoms with Crippen molar-refractivity contribution in [1.29, 1.82) is 0 Å². The molecule has 0 radical (unpaired) electrons. The summed E-state index contributed by atoms with van der Waals surface area (Å²) >= 11 is 5.87. The number of rotatable bonds is 3. The number of nitrogens with zero attached hydrogens (tertiary/aromatic N) is 2. The fourth-order valence-electron chi connectivity index (χ4n) is 0.722. The van der Waals surface area contributed by atoms with Gasteiger partial charge in [0.1, 0.15) is 5.82 Å². The van der Waals surface area contributed by atoms with Crippen LogP contribution in [0.3, 0.4) is 0 Å². The van der Waals surface area contributed by atoms with Crippen LogP contribution >= 0.6 is 11.6 Å². The molecular formula is C8H12ClN3. The number of hydrogen-bond acceptors (Lipinski definition) is 3. The van der Waals surface area contributed by atoms with E-state index in [2.05, 4.69) is 15.3 Å². The molecule has 66 valence electrons. The third-order valence-electron chi connectivity index (χ3n) is 1.63. The molecule has 0 saturated carbocycles. The number of aromatic nitrogens is 2. The van der Waals surface area contributed by atoms with Crippen LogP contribution in [0.4, 0.5) is 5.82 Å². The van der Waals surface area contributed by atoms with Gasteiger partial charge in [-0.25, -0.2) is 4.98 Å². The van der Waals surface area contributed by atoms with Gasteiger partial charge in [-0.3, -0.25) is 4.98 Å². The third kappa shape index (κ3) is 2.66. The average Bonchev–Trinajstić information content (AvgIpc) is 2.06. The summed E-state index contributed by atoms with van der Waals surface area (Å²) in [6.45, 7) is 3.95. The van der Waals surface area contributed by atoms with E-state index in [4.69, 9.17) is 11.6 Å². The van der Waals surface area contributed by atoms with Gasteiger partial charge in [0.2, 0.25) is 0 Å². The van der Waals surface area contributed by atoms with Crippen molar-refractivity contribution in [2.75, 3.05) is 5.32 Å². The highest BCUT2D eigenvalue weighted by molar-refractivity contribution is 6.20. The molecule has 12 heavy (non-hydrogen) atoms. The first-order valence-corrected chi connectivity index (χ1v) is 4.30. The Labute approximate surface area is 77.2 Å². The molecule has 0 saturated heterocycles. The molecule has 0 bridgehead atoms. The molecule has 0 fully saturated rings. The van der Waals surface area contributed by atoms with Crippen LogP contribution in [0.25, 0.3) is 0 Å². The molecular weight excluding hydrogens is 174 g/mol. The lowest BCUT2D eigenvalue weighted by Crippen LogP contribution is -2.24. The van der Waals surface area contributed by atoms with Gasteiger partial charge in [-0.2, -0.15) is 0 Å². The lowest BCUT2D eigenvalue weighted by Gasteiger charge is -2.15. The Balaban J connectivity index is 2.53. The van der Waals surface area contributed by atoms with Crippen LogP contribution in [-0.4, -0.2) is 21.4 Å². The predicted molar refractivity (Wildman–Crippen MR) is 50.4 cm³/mol. The van der Waals surface area contributed by atoms with Crippen molar-refractivity contribution in [3.05, 3.63) is 18.6 Å². The van der Waals surface area contributed by atoms with E-state index in [-0.39, 0.29) is 11.4 Å². The Kier molecular flexibility index (Phi) is 3.29. The molecule has 2 atom stereocenters. The Bertz CT molecular complexity index is 225. The van der Waals surface area contributed by atoms with Gasteiger partial charge >= 0.3 is 0 Å². The smallest absolute Gasteiger partial charge is 0.144 e. The zero-order valence-electron chi connectivity index (χ0n) is 7.16. The maximum atomic E-state index is 5.87.